The number of rotatable bonds is 3. The first-order chi connectivity index (χ1) is 16.1. The lowest BCUT2D eigenvalue weighted by atomic mass is 9.96. The molecule has 4 aromatic heterocycles. The average molecular weight is 439 g/mol. The first-order valence-corrected chi connectivity index (χ1v) is 11.3. The number of aromatic amines is 1. The van der Waals surface area contributed by atoms with Gasteiger partial charge in [0.2, 0.25) is 0 Å². The molecule has 0 aliphatic carbocycles. The van der Waals surface area contributed by atoms with Gasteiger partial charge in [-0.15, -0.1) is 0 Å². The van der Waals surface area contributed by atoms with Gasteiger partial charge in [0, 0.05) is 48.5 Å². The van der Waals surface area contributed by atoms with Crippen LogP contribution in [0.5, 0.6) is 0 Å². The summed E-state index contributed by atoms with van der Waals surface area (Å²) in [5.41, 5.74) is 7.23. The summed E-state index contributed by atoms with van der Waals surface area (Å²) in [7, 11) is 2.08. The van der Waals surface area contributed by atoms with Crippen molar-refractivity contribution in [1.82, 2.24) is 24.7 Å². The second kappa shape index (κ2) is 7.71. The Kier molecular flexibility index (Phi) is 4.66. The van der Waals surface area contributed by atoms with Crippen molar-refractivity contribution in [1.29, 1.82) is 0 Å². The molecule has 1 aromatic carbocycles. The van der Waals surface area contributed by atoms with Crippen LogP contribution in [0.3, 0.4) is 0 Å². The minimum atomic E-state index is 0.251. The molecule has 6 rings (SSSR count). The van der Waals surface area contributed by atoms with Gasteiger partial charge >= 0.3 is 0 Å². The Balaban J connectivity index is 1.66. The zero-order valence-corrected chi connectivity index (χ0v) is 19.0. The first-order valence-electron chi connectivity index (χ1n) is 11.3. The quantitative estimate of drug-likeness (QED) is 0.442. The summed E-state index contributed by atoms with van der Waals surface area (Å²) in [5.74, 6) is 0.953. The second-order valence-corrected chi connectivity index (χ2v) is 8.83. The van der Waals surface area contributed by atoms with Gasteiger partial charge in [-0.1, -0.05) is 6.07 Å². The molecule has 0 radical (unpaired) electrons. The summed E-state index contributed by atoms with van der Waals surface area (Å²) >= 11 is 0. The van der Waals surface area contributed by atoms with Gasteiger partial charge in [-0.3, -0.25) is 10.1 Å². The number of fused-ring (bicyclic) bond motifs is 2. The fourth-order valence-electron chi connectivity index (χ4n) is 4.87. The van der Waals surface area contributed by atoms with E-state index in [0.29, 0.717) is 13.2 Å². The summed E-state index contributed by atoms with van der Waals surface area (Å²) in [5, 5.41) is 9.56. The molecule has 1 saturated heterocycles. The van der Waals surface area contributed by atoms with Crippen molar-refractivity contribution in [2.24, 2.45) is 7.05 Å². The predicted molar refractivity (Wildman–Crippen MR) is 131 cm³/mol. The number of ether oxygens (including phenoxy) is 1. The Morgan fingerprint density at radius 2 is 2.06 bits per heavy atom. The molecule has 0 amide bonds. The number of H-pyrrole nitrogens is 1. The van der Waals surface area contributed by atoms with Crippen LogP contribution < -0.4 is 4.90 Å². The van der Waals surface area contributed by atoms with Gasteiger partial charge in [-0.2, -0.15) is 5.10 Å². The average Bonchev–Trinajstić information content (AvgIpc) is 3.49. The van der Waals surface area contributed by atoms with Crippen LogP contribution in [0.1, 0.15) is 12.5 Å². The lowest BCUT2D eigenvalue weighted by Crippen LogP contribution is -2.44. The van der Waals surface area contributed by atoms with E-state index in [9.17, 15) is 0 Å². The molecule has 7 nitrogen and oxygen atoms in total. The van der Waals surface area contributed by atoms with Crippen LogP contribution in [-0.4, -0.2) is 50.5 Å². The highest BCUT2D eigenvalue weighted by Gasteiger charge is 2.24. The molecule has 1 aliphatic heterocycles. The topological polar surface area (TPSA) is 71.9 Å². The van der Waals surface area contributed by atoms with E-state index in [2.05, 4.69) is 77.1 Å². The van der Waals surface area contributed by atoms with E-state index in [0.717, 1.165) is 40.2 Å². The zero-order valence-electron chi connectivity index (χ0n) is 19.0. The maximum Gasteiger partial charge on any atom is 0.130 e. The lowest BCUT2D eigenvalue weighted by Gasteiger charge is -2.34. The van der Waals surface area contributed by atoms with Crippen LogP contribution in [0.15, 0.2) is 55.0 Å². The summed E-state index contributed by atoms with van der Waals surface area (Å²) < 4.78 is 7.84. The van der Waals surface area contributed by atoms with Gasteiger partial charge in [0.1, 0.15) is 17.0 Å². The highest BCUT2D eigenvalue weighted by atomic mass is 16.5. The molecule has 0 spiro atoms. The van der Waals surface area contributed by atoms with Crippen LogP contribution in [0.2, 0.25) is 0 Å². The first kappa shape index (κ1) is 19.9. The van der Waals surface area contributed by atoms with Crippen molar-refractivity contribution >= 4 is 27.6 Å². The standard InChI is InChI=1S/C26H26N6O/c1-16-14-27-25(21-6-8-28-30-21)26-24(16)20(13-23(29-26)32-10-11-33-15-17(32)2)18-4-5-22-19(12-18)7-9-31(22)3/h4-9,12-14,17H,10-11,15H2,1-3H3,(H,28,30). The maximum atomic E-state index is 5.69. The zero-order chi connectivity index (χ0) is 22.5. The van der Waals surface area contributed by atoms with E-state index in [1.807, 2.05) is 12.3 Å². The molecule has 0 saturated carbocycles. The van der Waals surface area contributed by atoms with Crippen molar-refractivity contribution in [3.05, 3.63) is 60.6 Å². The van der Waals surface area contributed by atoms with E-state index in [1.54, 1.807) is 6.20 Å². The lowest BCUT2D eigenvalue weighted by molar-refractivity contribution is 0.0986. The van der Waals surface area contributed by atoms with Crippen molar-refractivity contribution in [2.45, 2.75) is 19.9 Å². The third-order valence-electron chi connectivity index (χ3n) is 6.63. The molecule has 0 bridgehead atoms. The highest BCUT2D eigenvalue weighted by molar-refractivity contribution is 6.04. The smallest absolute Gasteiger partial charge is 0.130 e. The van der Waals surface area contributed by atoms with E-state index in [4.69, 9.17) is 14.7 Å². The molecule has 5 heterocycles. The van der Waals surface area contributed by atoms with Gasteiger partial charge in [0.05, 0.1) is 24.9 Å². The van der Waals surface area contributed by atoms with Gasteiger partial charge in [0.15, 0.2) is 0 Å². The predicted octanol–water partition coefficient (Wildman–Crippen LogP) is 4.71. The Labute approximate surface area is 192 Å². The van der Waals surface area contributed by atoms with E-state index < -0.39 is 0 Å². The summed E-state index contributed by atoms with van der Waals surface area (Å²) in [6, 6.07) is 13.3. The van der Waals surface area contributed by atoms with Crippen LogP contribution in [0.25, 0.3) is 44.3 Å². The number of benzene rings is 1. The normalized spacial score (nSPS) is 16.7. The van der Waals surface area contributed by atoms with E-state index >= 15 is 0 Å². The number of nitrogens with one attached hydrogen (secondary N) is 1. The van der Waals surface area contributed by atoms with Crippen LogP contribution in [0.4, 0.5) is 5.82 Å². The number of aryl methyl sites for hydroxylation is 2. The molecule has 1 aliphatic rings. The minimum absolute atomic E-state index is 0.251. The van der Waals surface area contributed by atoms with E-state index in [-0.39, 0.29) is 6.04 Å². The summed E-state index contributed by atoms with van der Waals surface area (Å²) in [4.78, 5) is 12.3. The summed E-state index contributed by atoms with van der Waals surface area (Å²) in [6.07, 6.45) is 5.79. The number of aromatic nitrogens is 5. The fourth-order valence-corrected chi connectivity index (χ4v) is 4.87. The number of nitrogens with zero attached hydrogens (tertiary/aromatic N) is 5. The summed E-state index contributed by atoms with van der Waals surface area (Å²) in [6.45, 7) is 6.51. The SMILES string of the molecule is Cc1cnc(-c2ccn[nH]2)c2nc(N3CCOCC3C)cc(-c3ccc4c(ccn4C)c3)c12. The van der Waals surface area contributed by atoms with Crippen LogP contribution in [-0.2, 0) is 11.8 Å². The molecule has 5 aromatic rings. The Bertz CT molecular complexity index is 1470. The number of hydrogen-bond donors (Lipinski definition) is 1. The van der Waals surface area contributed by atoms with E-state index in [1.165, 1.54) is 22.0 Å². The number of hydrogen-bond acceptors (Lipinski definition) is 5. The molecule has 1 unspecified atom stereocenters. The van der Waals surface area contributed by atoms with Gasteiger partial charge < -0.3 is 14.2 Å². The van der Waals surface area contributed by atoms with Crippen LogP contribution in [0, 0.1) is 6.92 Å². The van der Waals surface area contributed by atoms with Crippen LogP contribution >= 0.6 is 0 Å². The van der Waals surface area contributed by atoms with Crippen molar-refractivity contribution in [2.75, 3.05) is 24.7 Å². The molecule has 1 N–H and O–H groups in total. The molecule has 1 fully saturated rings. The molecular formula is C26H26N6O. The monoisotopic (exact) mass is 438 g/mol. The van der Waals surface area contributed by atoms with Gasteiger partial charge in [-0.25, -0.2) is 4.98 Å². The molecule has 33 heavy (non-hydrogen) atoms. The van der Waals surface area contributed by atoms with Gasteiger partial charge in [-0.05, 0) is 60.9 Å². The highest BCUT2D eigenvalue weighted by Crippen LogP contribution is 2.38. The Morgan fingerprint density at radius 1 is 1.15 bits per heavy atom. The molecule has 7 heteroatoms. The third-order valence-corrected chi connectivity index (χ3v) is 6.63. The number of anilines is 1. The Morgan fingerprint density at radius 3 is 2.88 bits per heavy atom. The van der Waals surface area contributed by atoms with Crippen molar-refractivity contribution in [3.63, 3.8) is 0 Å². The maximum absolute atomic E-state index is 5.69. The van der Waals surface area contributed by atoms with Crippen molar-refractivity contribution in [3.8, 4) is 22.5 Å². The fraction of sp³-hybridized carbons (Fsp3) is 0.269. The minimum Gasteiger partial charge on any atom is -0.377 e. The largest absolute Gasteiger partial charge is 0.377 e. The number of morpholine rings is 1. The van der Waals surface area contributed by atoms with Crippen molar-refractivity contribution < 1.29 is 4.74 Å². The molecular weight excluding hydrogens is 412 g/mol. The van der Waals surface area contributed by atoms with Gasteiger partial charge in [0.25, 0.3) is 0 Å². The molecule has 166 valence electrons. The molecule has 1 atom stereocenters. The Hall–Kier alpha value is -3.71. The number of pyridine rings is 2. The second-order valence-electron chi connectivity index (χ2n) is 8.83. The third kappa shape index (κ3) is 3.27.